The predicted octanol–water partition coefficient (Wildman–Crippen LogP) is 5.24. The number of aromatic nitrogens is 2. The number of hydrogen-bond donors (Lipinski definition) is 0. The first-order chi connectivity index (χ1) is 10.2. The first-order valence-electron chi connectivity index (χ1n) is 6.23. The lowest BCUT2D eigenvalue weighted by Gasteiger charge is -2.10. The highest BCUT2D eigenvalue weighted by molar-refractivity contribution is 6.31. The Morgan fingerprint density at radius 3 is 2.33 bits per heavy atom. The van der Waals surface area contributed by atoms with E-state index in [2.05, 4.69) is 9.97 Å². The molecule has 104 valence electrons. The predicted molar refractivity (Wildman–Crippen MR) is 84.0 cm³/mol. The van der Waals surface area contributed by atoms with Crippen molar-refractivity contribution >= 4 is 23.2 Å². The standard InChI is InChI=1S/C16H10Cl2N2O/c17-12-5-3-4-11(8-12)14-6-1-2-7-15(14)21-16-19-9-13(18)10-20-16/h1-10H. The Labute approximate surface area is 132 Å². The SMILES string of the molecule is Clc1cnc(Oc2ccccc2-c2cccc(Cl)c2)nc1. The molecule has 0 aliphatic rings. The number of para-hydroxylation sites is 1. The molecule has 5 heteroatoms. The van der Waals surface area contributed by atoms with Crippen molar-refractivity contribution in [3.05, 3.63) is 71.0 Å². The highest BCUT2D eigenvalue weighted by atomic mass is 35.5. The van der Waals surface area contributed by atoms with E-state index in [9.17, 15) is 0 Å². The van der Waals surface area contributed by atoms with Crippen LogP contribution in [-0.4, -0.2) is 9.97 Å². The molecule has 0 radical (unpaired) electrons. The van der Waals surface area contributed by atoms with Crippen LogP contribution in [0.3, 0.4) is 0 Å². The van der Waals surface area contributed by atoms with Crippen LogP contribution >= 0.6 is 23.2 Å². The van der Waals surface area contributed by atoms with E-state index < -0.39 is 0 Å². The molecule has 1 aromatic heterocycles. The zero-order valence-electron chi connectivity index (χ0n) is 10.8. The highest BCUT2D eigenvalue weighted by Crippen LogP contribution is 2.33. The minimum Gasteiger partial charge on any atom is -0.424 e. The lowest BCUT2D eigenvalue weighted by molar-refractivity contribution is 0.443. The highest BCUT2D eigenvalue weighted by Gasteiger charge is 2.08. The quantitative estimate of drug-likeness (QED) is 0.662. The van der Waals surface area contributed by atoms with Crippen LogP contribution in [0.1, 0.15) is 0 Å². The van der Waals surface area contributed by atoms with Crippen LogP contribution in [0, 0.1) is 0 Å². The molecule has 0 spiro atoms. The molecule has 0 aliphatic carbocycles. The van der Waals surface area contributed by atoms with E-state index in [1.54, 1.807) is 0 Å². The second-order valence-corrected chi connectivity index (χ2v) is 5.17. The van der Waals surface area contributed by atoms with Gasteiger partial charge in [-0.2, -0.15) is 0 Å². The molecule has 0 fully saturated rings. The summed E-state index contributed by atoms with van der Waals surface area (Å²) in [6.45, 7) is 0. The lowest BCUT2D eigenvalue weighted by atomic mass is 10.1. The Morgan fingerprint density at radius 1 is 0.810 bits per heavy atom. The molecule has 0 saturated heterocycles. The Bertz CT molecular complexity index is 760. The van der Waals surface area contributed by atoms with Crippen molar-refractivity contribution in [3.8, 4) is 22.9 Å². The van der Waals surface area contributed by atoms with Crippen molar-refractivity contribution in [2.45, 2.75) is 0 Å². The van der Waals surface area contributed by atoms with Gasteiger partial charge in [0.15, 0.2) is 0 Å². The van der Waals surface area contributed by atoms with Gasteiger partial charge >= 0.3 is 6.01 Å². The Balaban J connectivity index is 1.98. The Kier molecular flexibility index (Phi) is 4.04. The fourth-order valence-electron chi connectivity index (χ4n) is 1.90. The molecule has 0 bridgehead atoms. The van der Waals surface area contributed by atoms with E-state index in [-0.39, 0.29) is 6.01 Å². The molecule has 0 amide bonds. The van der Waals surface area contributed by atoms with Gasteiger partial charge in [0, 0.05) is 10.6 Å². The summed E-state index contributed by atoms with van der Waals surface area (Å²) in [4.78, 5) is 8.07. The fourth-order valence-corrected chi connectivity index (χ4v) is 2.19. The molecule has 3 rings (SSSR count). The molecule has 2 aromatic carbocycles. The van der Waals surface area contributed by atoms with Crippen LogP contribution in [-0.2, 0) is 0 Å². The molecule has 3 nitrogen and oxygen atoms in total. The summed E-state index contributed by atoms with van der Waals surface area (Å²) in [6.07, 6.45) is 2.98. The topological polar surface area (TPSA) is 35.0 Å². The number of halogens is 2. The summed E-state index contributed by atoms with van der Waals surface area (Å²) in [7, 11) is 0. The van der Waals surface area contributed by atoms with E-state index in [1.165, 1.54) is 12.4 Å². The molecule has 1 heterocycles. The van der Waals surface area contributed by atoms with Gasteiger partial charge in [0.1, 0.15) is 5.75 Å². The fraction of sp³-hybridized carbons (Fsp3) is 0. The third kappa shape index (κ3) is 3.32. The number of ether oxygens (including phenoxy) is 1. The van der Waals surface area contributed by atoms with Crippen molar-refractivity contribution in [2.24, 2.45) is 0 Å². The molecule has 21 heavy (non-hydrogen) atoms. The number of nitrogens with zero attached hydrogens (tertiary/aromatic N) is 2. The number of benzene rings is 2. The molecule has 0 saturated carbocycles. The summed E-state index contributed by atoms with van der Waals surface area (Å²) in [5.41, 5.74) is 1.88. The minimum absolute atomic E-state index is 0.244. The molecule has 3 aromatic rings. The van der Waals surface area contributed by atoms with Crippen LogP contribution in [0.4, 0.5) is 0 Å². The number of hydrogen-bond acceptors (Lipinski definition) is 3. The van der Waals surface area contributed by atoms with Crippen LogP contribution in [0.15, 0.2) is 60.9 Å². The van der Waals surface area contributed by atoms with Crippen molar-refractivity contribution in [1.82, 2.24) is 9.97 Å². The summed E-state index contributed by atoms with van der Waals surface area (Å²) >= 11 is 11.8. The maximum Gasteiger partial charge on any atom is 0.321 e. The minimum atomic E-state index is 0.244. The summed E-state index contributed by atoms with van der Waals surface area (Å²) in [5, 5.41) is 1.13. The first-order valence-corrected chi connectivity index (χ1v) is 6.98. The lowest BCUT2D eigenvalue weighted by Crippen LogP contribution is -1.93. The van der Waals surface area contributed by atoms with Crippen molar-refractivity contribution in [1.29, 1.82) is 0 Å². The zero-order valence-corrected chi connectivity index (χ0v) is 12.3. The van der Waals surface area contributed by atoms with Gasteiger partial charge in [-0.15, -0.1) is 0 Å². The van der Waals surface area contributed by atoms with Crippen molar-refractivity contribution < 1.29 is 4.74 Å². The van der Waals surface area contributed by atoms with Crippen molar-refractivity contribution in [2.75, 3.05) is 0 Å². The van der Waals surface area contributed by atoms with Gasteiger partial charge in [-0.1, -0.05) is 53.5 Å². The second kappa shape index (κ2) is 6.12. The van der Waals surface area contributed by atoms with Crippen LogP contribution in [0.25, 0.3) is 11.1 Å². The van der Waals surface area contributed by atoms with Crippen LogP contribution in [0.5, 0.6) is 11.8 Å². The average molecular weight is 317 g/mol. The maximum atomic E-state index is 6.04. The molecule has 0 atom stereocenters. The van der Waals surface area contributed by atoms with Gasteiger partial charge in [-0.05, 0) is 23.8 Å². The summed E-state index contributed by atoms with van der Waals surface area (Å²) < 4.78 is 5.73. The molecular weight excluding hydrogens is 307 g/mol. The largest absolute Gasteiger partial charge is 0.424 e. The summed E-state index contributed by atoms with van der Waals surface area (Å²) in [6, 6.07) is 15.5. The smallest absolute Gasteiger partial charge is 0.321 e. The van der Waals surface area contributed by atoms with Gasteiger partial charge in [0.25, 0.3) is 0 Å². The average Bonchev–Trinajstić information content (AvgIpc) is 2.50. The molecule has 0 aliphatic heterocycles. The third-order valence-electron chi connectivity index (χ3n) is 2.82. The second-order valence-electron chi connectivity index (χ2n) is 4.29. The van der Waals surface area contributed by atoms with Crippen LogP contribution in [0.2, 0.25) is 10.0 Å². The molecule has 0 N–H and O–H groups in total. The van der Waals surface area contributed by atoms with Gasteiger partial charge in [0.05, 0.1) is 17.4 Å². The first kappa shape index (κ1) is 13.9. The zero-order chi connectivity index (χ0) is 14.7. The van der Waals surface area contributed by atoms with Crippen LogP contribution < -0.4 is 4.74 Å². The normalized spacial score (nSPS) is 10.4. The third-order valence-corrected chi connectivity index (χ3v) is 3.25. The van der Waals surface area contributed by atoms with Gasteiger partial charge < -0.3 is 4.74 Å². The molecule has 0 unspecified atom stereocenters. The van der Waals surface area contributed by atoms with Gasteiger partial charge in [0.2, 0.25) is 0 Å². The monoisotopic (exact) mass is 316 g/mol. The van der Waals surface area contributed by atoms with E-state index in [0.29, 0.717) is 15.8 Å². The van der Waals surface area contributed by atoms with E-state index >= 15 is 0 Å². The van der Waals surface area contributed by atoms with Gasteiger partial charge in [-0.25, -0.2) is 9.97 Å². The van der Waals surface area contributed by atoms with E-state index in [4.69, 9.17) is 27.9 Å². The Hall–Kier alpha value is -2.10. The maximum absolute atomic E-state index is 6.04. The summed E-state index contributed by atoms with van der Waals surface area (Å²) in [5.74, 6) is 0.655. The number of rotatable bonds is 3. The Morgan fingerprint density at radius 2 is 1.57 bits per heavy atom. The molecular formula is C16H10Cl2N2O. The van der Waals surface area contributed by atoms with Crippen molar-refractivity contribution in [3.63, 3.8) is 0 Å². The van der Waals surface area contributed by atoms with E-state index in [0.717, 1.165) is 11.1 Å². The van der Waals surface area contributed by atoms with E-state index in [1.807, 2.05) is 48.5 Å². The van der Waals surface area contributed by atoms with Gasteiger partial charge in [-0.3, -0.25) is 0 Å².